The van der Waals surface area contributed by atoms with Gasteiger partial charge >= 0.3 is 0 Å². The Bertz CT molecular complexity index is 175. The maximum Gasteiger partial charge on any atom is 0.246 e. The van der Waals surface area contributed by atoms with E-state index in [4.69, 9.17) is 4.74 Å². The van der Waals surface area contributed by atoms with Crippen molar-refractivity contribution in [1.29, 1.82) is 0 Å². The summed E-state index contributed by atoms with van der Waals surface area (Å²) < 4.78 is 5.03. The molecule has 0 aromatic heterocycles. The van der Waals surface area contributed by atoms with Crippen LogP contribution in [0.15, 0.2) is 0 Å². The molecule has 3 nitrogen and oxygen atoms in total. The molecule has 1 aliphatic carbocycles. The molecule has 0 radical (unpaired) electrons. The Morgan fingerprint density at radius 1 is 1.62 bits per heavy atom. The SMILES string of the molecule is CCOCC(=O)NC1(CBr)CCC1. The molecule has 1 N–H and O–H groups in total. The van der Waals surface area contributed by atoms with Gasteiger partial charge in [-0.25, -0.2) is 0 Å². The molecule has 0 bridgehead atoms. The van der Waals surface area contributed by atoms with Crippen LogP contribution in [0.5, 0.6) is 0 Å². The molecular formula is C9H16BrNO2. The number of nitrogens with one attached hydrogen (secondary N) is 1. The number of carbonyl (C=O) groups excluding carboxylic acids is 1. The van der Waals surface area contributed by atoms with Crippen LogP contribution in [0.4, 0.5) is 0 Å². The van der Waals surface area contributed by atoms with E-state index in [0.29, 0.717) is 6.61 Å². The Morgan fingerprint density at radius 3 is 2.69 bits per heavy atom. The van der Waals surface area contributed by atoms with Crippen LogP contribution in [-0.2, 0) is 9.53 Å². The molecule has 0 aromatic carbocycles. The van der Waals surface area contributed by atoms with Gasteiger partial charge in [0.2, 0.25) is 5.91 Å². The Hall–Kier alpha value is -0.0900. The molecule has 0 atom stereocenters. The predicted octanol–water partition coefficient (Wildman–Crippen LogP) is 1.46. The summed E-state index contributed by atoms with van der Waals surface area (Å²) in [6.07, 6.45) is 3.37. The van der Waals surface area contributed by atoms with Crippen molar-refractivity contribution in [1.82, 2.24) is 5.32 Å². The zero-order valence-corrected chi connectivity index (χ0v) is 9.52. The van der Waals surface area contributed by atoms with Crippen LogP contribution in [0.3, 0.4) is 0 Å². The fourth-order valence-corrected chi connectivity index (χ4v) is 2.12. The third-order valence-electron chi connectivity index (χ3n) is 2.41. The van der Waals surface area contributed by atoms with E-state index in [1.54, 1.807) is 0 Å². The van der Waals surface area contributed by atoms with Crippen LogP contribution in [-0.4, -0.2) is 30.0 Å². The van der Waals surface area contributed by atoms with Crippen molar-refractivity contribution in [2.75, 3.05) is 18.5 Å². The lowest BCUT2D eigenvalue weighted by Gasteiger charge is -2.41. The highest BCUT2D eigenvalue weighted by atomic mass is 79.9. The Morgan fingerprint density at radius 2 is 2.31 bits per heavy atom. The van der Waals surface area contributed by atoms with Crippen molar-refractivity contribution in [2.24, 2.45) is 0 Å². The molecular weight excluding hydrogens is 234 g/mol. The lowest BCUT2D eigenvalue weighted by atomic mass is 9.78. The van der Waals surface area contributed by atoms with E-state index in [-0.39, 0.29) is 18.1 Å². The van der Waals surface area contributed by atoms with Gasteiger partial charge in [0.05, 0.1) is 0 Å². The molecule has 0 heterocycles. The van der Waals surface area contributed by atoms with Crippen LogP contribution in [0.25, 0.3) is 0 Å². The molecule has 4 heteroatoms. The van der Waals surface area contributed by atoms with E-state index in [9.17, 15) is 4.79 Å². The number of rotatable bonds is 5. The van der Waals surface area contributed by atoms with Gasteiger partial charge in [-0.1, -0.05) is 15.9 Å². The second-order valence-corrected chi connectivity index (χ2v) is 4.01. The molecule has 76 valence electrons. The van der Waals surface area contributed by atoms with Gasteiger partial charge in [-0.3, -0.25) is 4.79 Å². The minimum Gasteiger partial charge on any atom is -0.372 e. The summed E-state index contributed by atoms with van der Waals surface area (Å²) in [6.45, 7) is 2.66. The fourth-order valence-electron chi connectivity index (χ4n) is 1.42. The molecule has 1 amide bonds. The second kappa shape index (κ2) is 4.96. The van der Waals surface area contributed by atoms with Crippen molar-refractivity contribution in [3.05, 3.63) is 0 Å². The third kappa shape index (κ3) is 2.95. The van der Waals surface area contributed by atoms with Gasteiger partial charge < -0.3 is 10.1 Å². The van der Waals surface area contributed by atoms with Gasteiger partial charge in [0, 0.05) is 17.5 Å². The smallest absolute Gasteiger partial charge is 0.246 e. The molecule has 1 saturated carbocycles. The summed E-state index contributed by atoms with van der Waals surface area (Å²) in [5, 5.41) is 3.85. The van der Waals surface area contributed by atoms with Gasteiger partial charge in [-0.2, -0.15) is 0 Å². The molecule has 13 heavy (non-hydrogen) atoms. The second-order valence-electron chi connectivity index (χ2n) is 3.45. The van der Waals surface area contributed by atoms with E-state index in [2.05, 4.69) is 21.2 Å². The van der Waals surface area contributed by atoms with Crippen molar-refractivity contribution in [3.63, 3.8) is 0 Å². The molecule has 1 fully saturated rings. The van der Waals surface area contributed by atoms with Crippen molar-refractivity contribution in [2.45, 2.75) is 31.7 Å². The minimum atomic E-state index is 0.000926. The summed E-state index contributed by atoms with van der Waals surface area (Å²) in [4.78, 5) is 11.3. The fraction of sp³-hybridized carbons (Fsp3) is 0.889. The first kappa shape index (κ1) is 11.0. The van der Waals surface area contributed by atoms with Gasteiger partial charge in [0.25, 0.3) is 0 Å². The van der Waals surface area contributed by atoms with Crippen LogP contribution in [0.2, 0.25) is 0 Å². The predicted molar refractivity (Wildman–Crippen MR) is 55.0 cm³/mol. The number of ether oxygens (including phenoxy) is 1. The average molecular weight is 250 g/mol. The number of carbonyl (C=O) groups is 1. The van der Waals surface area contributed by atoms with E-state index in [0.717, 1.165) is 18.2 Å². The normalized spacial score (nSPS) is 19.2. The van der Waals surface area contributed by atoms with Crippen molar-refractivity contribution >= 4 is 21.8 Å². The van der Waals surface area contributed by atoms with Crippen LogP contribution in [0.1, 0.15) is 26.2 Å². The zero-order valence-electron chi connectivity index (χ0n) is 7.94. The maximum absolute atomic E-state index is 11.3. The molecule has 0 saturated heterocycles. The van der Waals surface area contributed by atoms with E-state index < -0.39 is 0 Å². The molecule has 1 rings (SSSR count). The number of alkyl halides is 1. The van der Waals surface area contributed by atoms with Gasteiger partial charge in [-0.15, -0.1) is 0 Å². The standard InChI is InChI=1S/C9H16BrNO2/c1-2-13-6-8(12)11-9(7-10)4-3-5-9/h2-7H2,1H3,(H,11,12). The molecule has 1 aliphatic rings. The summed E-state index contributed by atoms with van der Waals surface area (Å²) in [5.41, 5.74) is 0.0220. The highest BCUT2D eigenvalue weighted by molar-refractivity contribution is 9.09. The molecule has 0 spiro atoms. The molecule has 0 aliphatic heterocycles. The highest BCUT2D eigenvalue weighted by Crippen LogP contribution is 2.33. The molecule has 0 aromatic rings. The minimum absolute atomic E-state index is 0.000926. The first-order chi connectivity index (χ1) is 6.22. The van der Waals surface area contributed by atoms with Crippen molar-refractivity contribution in [3.8, 4) is 0 Å². The Kier molecular flexibility index (Phi) is 4.19. The summed E-state index contributed by atoms with van der Waals surface area (Å²) >= 11 is 3.42. The quantitative estimate of drug-likeness (QED) is 0.750. The van der Waals surface area contributed by atoms with Crippen LogP contribution in [0, 0.1) is 0 Å². The average Bonchev–Trinajstić information content (AvgIpc) is 2.08. The Labute approximate surface area is 87.3 Å². The summed E-state index contributed by atoms with van der Waals surface area (Å²) in [6, 6.07) is 0. The monoisotopic (exact) mass is 249 g/mol. The zero-order chi connectivity index (χ0) is 9.73. The Balaban J connectivity index is 2.25. The first-order valence-electron chi connectivity index (χ1n) is 4.67. The number of amides is 1. The van der Waals surface area contributed by atoms with Crippen LogP contribution >= 0.6 is 15.9 Å². The number of hydrogen-bond donors (Lipinski definition) is 1. The van der Waals surface area contributed by atoms with E-state index in [1.165, 1.54) is 6.42 Å². The topological polar surface area (TPSA) is 38.3 Å². The summed E-state index contributed by atoms with van der Waals surface area (Å²) in [7, 11) is 0. The third-order valence-corrected chi connectivity index (χ3v) is 3.48. The number of hydrogen-bond acceptors (Lipinski definition) is 2. The highest BCUT2D eigenvalue weighted by Gasteiger charge is 2.36. The van der Waals surface area contributed by atoms with E-state index >= 15 is 0 Å². The van der Waals surface area contributed by atoms with Crippen molar-refractivity contribution < 1.29 is 9.53 Å². The lowest BCUT2D eigenvalue weighted by Crippen LogP contribution is -2.55. The number of halogens is 1. The van der Waals surface area contributed by atoms with Gasteiger partial charge in [0.15, 0.2) is 0 Å². The van der Waals surface area contributed by atoms with E-state index in [1.807, 2.05) is 6.92 Å². The summed E-state index contributed by atoms with van der Waals surface area (Å²) in [5.74, 6) is 0.000926. The van der Waals surface area contributed by atoms with Gasteiger partial charge in [0.1, 0.15) is 6.61 Å². The van der Waals surface area contributed by atoms with Gasteiger partial charge in [-0.05, 0) is 26.2 Å². The van der Waals surface area contributed by atoms with Crippen LogP contribution < -0.4 is 5.32 Å². The largest absolute Gasteiger partial charge is 0.372 e. The first-order valence-corrected chi connectivity index (χ1v) is 5.79. The molecule has 0 unspecified atom stereocenters. The lowest BCUT2D eigenvalue weighted by molar-refractivity contribution is -0.128. The maximum atomic E-state index is 11.3.